The van der Waals surface area contributed by atoms with Crippen molar-refractivity contribution in [1.82, 2.24) is 19.9 Å². The van der Waals surface area contributed by atoms with Gasteiger partial charge in [0.15, 0.2) is 0 Å². The summed E-state index contributed by atoms with van der Waals surface area (Å²) >= 11 is 0. The van der Waals surface area contributed by atoms with Gasteiger partial charge >= 0.3 is 5.97 Å². The summed E-state index contributed by atoms with van der Waals surface area (Å²) in [6, 6.07) is 17.2. The molecule has 0 aliphatic carbocycles. The molecule has 3 heterocycles. The van der Waals surface area contributed by atoms with Crippen LogP contribution in [0.25, 0.3) is 34.0 Å². The fourth-order valence-corrected chi connectivity index (χ4v) is 3.04. The number of hydrogen-bond acceptors (Lipinski definition) is 5. The van der Waals surface area contributed by atoms with E-state index in [1.165, 1.54) is 0 Å². The first-order valence-electron chi connectivity index (χ1n) is 10.2. The maximum absolute atomic E-state index is 11.2. The number of rotatable bonds is 7. The Bertz CT molecular complexity index is 1230. The number of carboxylic acid groups (broad SMARTS) is 1. The lowest BCUT2D eigenvalue weighted by Gasteiger charge is -2.19. The molecular formula is C25H24N4O3. The molecular weight excluding hydrogens is 404 g/mol. The summed E-state index contributed by atoms with van der Waals surface area (Å²) < 4.78 is 5.63. The average molecular weight is 428 g/mol. The Morgan fingerprint density at radius 3 is 2.38 bits per heavy atom. The second-order valence-electron chi connectivity index (χ2n) is 8.24. The number of imidazole rings is 1. The first-order valence-corrected chi connectivity index (χ1v) is 10.2. The summed E-state index contributed by atoms with van der Waals surface area (Å²) in [6.07, 6.45) is 3.55. The molecule has 3 aromatic heterocycles. The van der Waals surface area contributed by atoms with Crippen LogP contribution in [0.15, 0.2) is 67.0 Å². The number of ether oxygens (including phenoxy) is 1. The highest BCUT2D eigenvalue weighted by Crippen LogP contribution is 2.25. The molecule has 4 rings (SSSR count). The Morgan fingerprint density at radius 1 is 0.969 bits per heavy atom. The third-order valence-electron chi connectivity index (χ3n) is 5.11. The Hall–Kier alpha value is -4.00. The lowest BCUT2D eigenvalue weighted by atomic mass is 9.95. The Labute approximate surface area is 186 Å². The predicted molar refractivity (Wildman–Crippen MR) is 122 cm³/mol. The third kappa shape index (κ3) is 4.67. The number of H-pyrrole nitrogens is 1. The van der Waals surface area contributed by atoms with E-state index in [-0.39, 0.29) is 6.61 Å². The number of aryl methyl sites for hydroxylation is 1. The zero-order valence-electron chi connectivity index (χ0n) is 18.2. The van der Waals surface area contributed by atoms with Crippen LogP contribution in [-0.2, 0) is 4.79 Å². The molecule has 0 unspecified atom stereocenters. The van der Waals surface area contributed by atoms with Crippen LogP contribution in [0, 0.1) is 12.3 Å². The van der Waals surface area contributed by atoms with Crippen molar-refractivity contribution in [1.29, 1.82) is 0 Å². The molecule has 162 valence electrons. The smallest absolute Gasteiger partial charge is 0.312 e. The predicted octanol–water partition coefficient (Wildman–Crippen LogP) is 5.00. The van der Waals surface area contributed by atoms with Gasteiger partial charge in [0, 0.05) is 23.0 Å². The number of aliphatic carboxylic acids is 1. The monoisotopic (exact) mass is 428 g/mol. The molecule has 0 saturated carbocycles. The van der Waals surface area contributed by atoms with Crippen molar-refractivity contribution >= 4 is 5.97 Å². The van der Waals surface area contributed by atoms with Crippen molar-refractivity contribution in [2.45, 2.75) is 20.8 Å². The molecule has 0 aliphatic rings. The van der Waals surface area contributed by atoms with Crippen LogP contribution in [-0.4, -0.2) is 37.6 Å². The van der Waals surface area contributed by atoms with Crippen molar-refractivity contribution < 1.29 is 14.6 Å². The molecule has 32 heavy (non-hydrogen) atoms. The summed E-state index contributed by atoms with van der Waals surface area (Å²) in [5, 5.41) is 9.19. The SMILES string of the molecule is Cc1cccc(-c2cnc(-c3ccc(-c4ccc(OCC(C)(C)C(=O)O)cc4)nc3)[nH]2)n1. The lowest BCUT2D eigenvalue weighted by Crippen LogP contribution is -2.30. The standard InChI is InChI=1S/C25H24N4O3/c1-16-5-4-6-21(28-16)22-14-27-23(29-22)18-9-12-20(26-13-18)17-7-10-19(11-8-17)32-15-25(2,3)24(30)31/h4-14H,15H2,1-3H3,(H,27,29)(H,30,31). The summed E-state index contributed by atoms with van der Waals surface area (Å²) in [6.45, 7) is 5.32. The van der Waals surface area contributed by atoms with Gasteiger partial charge in [0.2, 0.25) is 0 Å². The number of hydrogen-bond donors (Lipinski definition) is 2. The zero-order chi connectivity index (χ0) is 22.7. The molecule has 0 bridgehead atoms. The minimum atomic E-state index is -0.947. The summed E-state index contributed by atoms with van der Waals surface area (Å²) in [5.74, 6) is 0.456. The van der Waals surface area contributed by atoms with Gasteiger partial charge in [-0.3, -0.25) is 14.8 Å². The number of aromatic nitrogens is 4. The van der Waals surface area contributed by atoms with Gasteiger partial charge in [-0.15, -0.1) is 0 Å². The Morgan fingerprint density at radius 2 is 1.72 bits per heavy atom. The molecule has 2 N–H and O–H groups in total. The van der Waals surface area contributed by atoms with Crippen LogP contribution in [0.4, 0.5) is 0 Å². The van der Waals surface area contributed by atoms with Gasteiger partial charge in [-0.25, -0.2) is 4.98 Å². The van der Waals surface area contributed by atoms with E-state index in [0.29, 0.717) is 5.75 Å². The van der Waals surface area contributed by atoms with Crippen molar-refractivity contribution in [2.75, 3.05) is 6.61 Å². The molecule has 4 aromatic rings. The van der Waals surface area contributed by atoms with Gasteiger partial charge in [0.05, 0.1) is 28.7 Å². The van der Waals surface area contributed by atoms with Gasteiger partial charge in [-0.1, -0.05) is 6.07 Å². The van der Waals surface area contributed by atoms with Gasteiger partial charge in [0.1, 0.15) is 18.2 Å². The minimum absolute atomic E-state index is 0.0951. The van der Waals surface area contributed by atoms with E-state index >= 15 is 0 Å². The van der Waals surface area contributed by atoms with Crippen molar-refractivity contribution in [3.8, 4) is 39.8 Å². The van der Waals surface area contributed by atoms with Crippen molar-refractivity contribution in [2.24, 2.45) is 5.41 Å². The number of carbonyl (C=O) groups is 1. The summed E-state index contributed by atoms with van der Waals surface area (Å²) in [7, 11) is 0. The van der Waals surface area contributed by atoms with E-state index < -0.39 is 11.4 Å². The highest BCUT2D eigenvalue weighted by molar-refractivity contribution is 5.73. The quantitative estimate of drug-likeness (QED) is 0.430. The topological polar surface area (TPSA) is 101 Å². The van der Waals surface area contributed by atoms with Crippen LogP contribution in [0.5, 0.6) is 5.75 Å². The molecule has 7 heteroatoms. The maximum atomic E-state index is 11.2. The summed E-state index contributed by atoms with van der Waals surface area (Å²) in [4.78, 5) is 28.1. The molecule has 0 radical (unpaired) electrons. The van der Waals surface area contributed by atoms with Crippen LogP contribution >= 0.6 is 0 Å². The second kappa shape index (κ2) is 8.63. The van der Waals surface area contributed by atoms with Gasteiger partial charge < -0.3 is 14.8 Å². The van der Waals surface area contributed by atoms with Gasteiger partial charge in [0.25, 0.3) is 0 Å². The molecule has 7 nitrogen and oxygen atoms in total. The average Bonchev–Trinajstić information content (AvgIpc) is 3.29. The largest absolute Gasteiger partial charge is 0.492 e. The number of benzene rings is 1. The highest BCUT2D eigenvalue weighted by Gasteiger charge is 2.28. The van der Waals surface area contributed by atoms with Crippen LogP contribution in [0.3, 0.4) is 0 Å². The van der Waals surface area contributed by atoms with E-state index in [1.807, 2.05) is 61.5 Å². The minimum Gasteiger partial charge on any atom is -0.492 e. The first-order chi connectivity index (χ1) is 15.3. The second-order valence-corrected chi connectivity index (χ2v) is 8.24. The maximum Gasteiger partial charge on any atom is 0.312 e. The summed E-state index contributed by atoms with van der Waals surface area (Å²) in [5.41, 5.74) is 4.34. The van der Waals surface area contributed by atoms with E-state index in [4.69, 9.17) is 4.74 Å². The van der Waals surface area contributed by atoms with E-state index in [0.717, 1.165) is 39.7 Å². The van der Waals surface area contributed by atoms with E-state index in [1.54, 1.807) is 26.2 Å². The Kier molecular flexibility index (Phi) is 5.73. The number of nitrogens with zero attached hydrogens (tertiary/aromatic N) is 3. The Balaban J connectivity index is 1.45. The molecule has 0 amide bonds. The highest BCUT2D eigenvalue weighted by atomic mass is 16.5. The number of aromatic amines is 1. The van der Waals surface area contributed by atoms with Crippen LogP contribution in [0.2, 0.25) is 0 Å². The third-order valence-corrected chi connectivity index (χ3v) is 5.11. The fourth-order valence-electron chi connectivity index (χ4n) is 3.04. The molecule has 0 fully saturated rings. The van der Waals surface area contributed by atoms with E-state index in [9.17, 15) is 9.90 Å². The number of nitrogens with one attached hydrogen (secondary N) is 1. The van der Waals surface area contributed by atoms with Crippen LogP contribution < -0.4 is 4.74 Å². The zero-order valence-corrected chi connectivity index (χ0v) is 18.2. The number of carboxylic acids is 1. The molecule has 0 saturated heterocycles. The first kappa shape index (κ1) is 21.2. The fraction of sp³-hybridized carbons (Fsp3) is 0.200. The van der Waals surface area contributed by atoms with Crippen molar-refractivity contribution in [3.05, 3.63) is 72.7 Å². The number of pyridine rings is 2. The van der Waals surface area contributed by atoms with Crippen molar-refractivity contribution in [3.63, 3.8) is 0 Å². The lowest BCUT2D eigenvalue weighted by molar-refractivity contribution is -0.148. The van der Waals surface area contributed by atoms with Crippen LogP contribution in [0.1, 0.15) is 19.5 Å². The molecule has 0 spiro atoms. The molecule has 1 aromatic carbocycles. The van der Waals surface area contributed by atoms with Gasteiger partial charge in [-0.05, 0) is 69.3 Å². The van der Waals surface area contributed by atoms with E-state index in [2.05, 4.69) is 19.9 Å². The molecule has 0 aliphatic heterocycles. The van der Waals surface area contributed by atoms with Gasteiger partial charge in [-0.2, -0.15) is 0 Å². The normalized spacial score (nSPS) is 11.3. The molecule has 0 atom stereocenters.